The summed E-state index contributed by atoms with van der Waals surface area (Å²) >= 11 is 1.88. The van der Waals surface area contributed by atoms with Crippen LogP contribution in [0.2, 0.25) is 0 Å². The molecule has 2 aromatic heterocycles. The molecule has 4 rings (SSSR count). The Hall–Kier alpha value is -2.13. The van der Waals surface area contributed by atoms with Gasteiger partial charge >= 0.3 is 0 Å². The molecule has 2 heterocycles. The van der Waals surface area contributed by atoms with Crippen LogP contribution in [0.15, 0.2) is 48.7 Å². The molecule has 0 atom stereocenters. The fourth-order valence-electron chi connectivity index (χ4n) is 2.98. The third kappa shape index (κ3) is 1.81. The minimum absolute atomic E-state index is 1.26. The van der Waals surface area contributed by atoms with E-state index in [4.69, 9.17) is 0 Å². The van der Waals surface area contributed by atoms with Gasteiger partial charge in [-0.2, -0.15) is 4.68 Å². The molecule has 0 fully saturated rings. The molecule has 3 heteroatoms. The number of thiophene rings is 1. The quantitative estimate of drug-likeness (QED) is 0.465. The fraction of sp³-hybridized carbons (Fsp3) is 0.167. The third-order valence-corrected chi connectivity index (χ3v) is 5.40. The van der Waals surface area contributed by atoms with Crippen LogP contribution in [-0.4, -0.2) is 4.68 Å². The van der Waals surface area contributed by atoms with Crippen molar-refractivity contribution in [1.82, 2.24) is 4.68 Å². The second-order valence-corrected chi connectivity index (χ2v) is 6.64. The Kier molecular flexibility index (Phi) is 2.66. The molecule has 0 aliphatic rings. The van der Waals surface area contributed by atoms with Gasteiger partial charge in [0.2, 0.25) is 0 Å². The maximum Gasteiger partial charge on any atom is 0.196 e. The Morgan fingerprint density at radius 1 is 1.00 bits per heavy atom. The van der Waals surface area contributed by atoms with Crippen molar-refractivity contribution in [1.29, 1.82) is 0 Å². The van der Waals surface area contributed by atoms with Crippen LogP contribution in [0, 0.1) is 6.92 Å². The summed E-state index contributed by atoms with van der Waals surface area (Å²) in [7, 11) is 4.17. The number of hydrogen-bond acceptors (Lipinski definition) is 1. The van der Waals surface area contributed by atoms with Crippen LogP contribution in [-0.2, 0) is 14.1 Å². The Labute approximate surface area is 127 Å². The molecular formula is C18H17N2S+. The van der Waals surface area contributed by atoms with Crippen molar-refractivity contribution in [2.24, 2.45) is 14.1 Å². The Balaban J connectivity index is 2.05. The van der Waals surface area contributed by atoms with Crippen molar-refractivity contribution in [3.63, 3.8) is 0 Å². The average Bonchev–Trinajstić information content (AvgIpc) is 3.00. The fourth-order valence-corrected chi connectivity index (χ4v) is 4.10. The molecule has 0 spiro atoms. The van der Waals surface area contributed by atoms with E-state index in [1.165, 1.54) is 37.0 Å². The first-order valence-electron chi connectivity index (χ1n) is 7.09. The largest absolute Gasteiger partial charge is 0.196 e. The van der Waals surface area contributed by atoms with E-state index in [-0.39, 0.29) is 0 Å². The van der Waals surface area contributed by atoms with Gasteiger partial charge in [-0.05, 0) is 30.7 Å². The lowest BCUT2D eigenvalue weighted by molar-refractivity contribution is -0.750. The van der Waals surface area contributed by atoms with Gasteiger partial charge in [-0.3, -0.25) is 0 Å². The molecule has 21 heavy (non-hydrogen) atoms. The second-order valence-electron chi connectivity index (χ2n) is 5.56. The van der Waals surface area contributed by atoms with Gasteiger partial charge in [-0.15, -0.1) is 16.0 Å². The van der Waals surface area contributed by atoms with Crippen LogP contribution in [0.5, 0.6) is 0 Å². The Morgan fingerprint density at radius 3 is 2.57 bits per heavy atom. The highest BCUT2D eigenvalue weighted by Gasteiger charge is 2.14. The molecular weight excluding hydrogens is 276 g/mol. The monoisotopic (exact) mass is 293 g/mol. The molecule has 0 radical (unpaired) electrons. The number of hydrogen-bond donors (Lipinski definition) is 0. The van der Waals surface area contributed by atoms with E-state index >= 15 is 0 Å². The molecule has 2 aromatic carbocycles. The Morgan fingerprint density at radius 2 is 1.81 bits per heavy atom. The van der Waals surface area contributed by atoms with Crippen LogP contribution < -0.4 is 4.68 Å². The van der Waals surface area contributed by atoms with Crippen molar-refractivity contribution >= 4 is 31.5 Å². The first kappa shape index (κ1) is 12.6. The molecule has 0 N–H and O–H groups in total. The molecule has 0 aliphatic carbocycles. The van der Waals surface area contributed by atoms with Gasteiger partial charge in [0.25, 0.3) is 0 Å². The number of benzene rings is 2. The van der Waals surface area contributed by atoms with Gasteiger partial charge in [0, 0.05) is 31.8 Å². The number of nitrogens with zero attached hydrogens (tertiary/aromatic N) is 2. The van der Waals surface area contributed by atoms with Crippen LogP contribution in [0.4, 0.5) is 0 Å². The highest BCUT2D eigenvalue weighted by Crippen LogP contribution is 2.37. The molecule has 0 saturated carbocycles. The predicted octanol–water partition coefficient (Wildman–Crippen LogP) is 4.19. The van der Waals surface area contributed by atoms with Crippen molar-refractivity contribution in [3.8, 4) is 11.3 Å². The van der Waals surface area contributed by atoms with Crippen molar-refractivity contribution in [3.05, 3.63) is 54.2 Å². The molecule has 0 saturated heterocycles. The standard InChI is InChI=1S/C18H17N2S/c1-12-10-15-13-6-4-5-7-17(13)21-18(15)11-14(12)16-8-9-19(2)20(16)3/h4-11H,1-3H3/q+1. The molecule has 0 bridgehead atoms. The maximum absolute atomic E-state index is 2.34. The van der Waals surface area contributed by atoms with Crippen LogP contribution >= 0.6 is 11.3 Å². The van der Waals surface area contributed by atoms with Gasteiger partial charge in [0.15, 0.2) is 13.2 Å². The maximum atomic E-state index is 2.34. The van der Waals surface area contributed by atoms with Crippen LogP contribution in [0.3, 0.4) is 0 Å². The summed E-state index contributed by atoms with van der Waals surface area (Å²) in [5.41, 5.74) is 3.90. The number of aryl methyl sites for hydroxylation is 2. The molecule has 0 amide bonds. The summed E-state index contributed by atoms with van der Waals surface area (Å²) in [5, 5.41) is 2.74. The van der Waals surface area contributed by atoms with Crippen molar-refractivity contribution in [2.75, 3.05) is 0 Å². The normalized spacial score (nSPS) is 11.6. The number of fused-ring (bicyclic) bond motifs is 3. The molecule has 0 aliphatic heterocycles. The summed E-state index contributed by atoms with van der Waals surface area (Å²) in [6.45, 7) is 2.20. The van der Waals surface area contributed by atoms with Crippen LogP contribution in [0.1, 0.15) is 5.56 Å². The highest BCUT2D eigenvalue weighted by atomic mass is 32.1. The zero-order chi connectivity index (χ0) is 14.6. The second kappa shape index (κ2) is 4.43. The summed E-state index contributed by atoms with van der Waals surface area (Å²) in [6.07, 6.45) is 2.10. The highest BCUT2D eigenvalue weighted by molar-refractivity contribution is 7.25. The zero-order valence-corrected chi connectivity index (χ0v) is 13.2. The summed E-state index contributed by atoms with van der Waals surface area (Å²) in [6, 6.07) is 15.5. The average molecular weight is 293 g/mol. The van der Waals surface area contributed by atoms with Crippen LogP contribution in [0.25, 0.3) is 31.4 Å². The summed E-state index contributed by atoms with van der Waals surface area (Å²) < 4.78 is 7.01. The first-order chi connectivity index (χ1) is 10.1. The summed E-state index contributed by atoms with van der Waals surface area (Å²) in [4.78, 5) is 0. The van der Waals surface area contributed by atoms with Gasteiger partial charge in [-0.1, -0.05) is 18.2 Å². The molecule has 104 valence electrons. The SMILES string of the molecule is Cc1cc2c(cc1-c1cc[n+](C)n1C)sc1ccccc12. The minimum Gasteiger partial charge on any atom is -0.156 e. The lowest BCUT2D eigenvalue weighted by Crippen LogP contribution is -2.36. The lowest BCUT2D eigenvalue weighted by Gasteiger charge is -2.05. The van der Waals surface area contributed by atoms with Crippen molar-refractivity contribution < 1.29 is 4.68 Å². The third-order valence-electron chi connectivity index (χ3n) is 4.27. The number of aromatic nitrogens is 2. The van der Waals surface area contributed by atoms with Gasteiger partial charge < -0.3 is 0 Å². The predicted molar refractivity (Wildman–Crippen MR) is 89.7 cm³/mol. The number of rotatable bonds is 1. The van der Waals surface area contributed by atoms with E-state index in [0.717, 1.165) is 0 Å². The minimum atomic E-state index is 1.26. The first-order valence-corrected chi connectivity index (χ1v) is 7.91. The zero-order valence-electron chi connectivity index (χ0n) is 12.4. The van der Waals surface area contributed by atoms with Gasteiger partial charge in [-0.25, -0.2) is 0 Å². The van der Waals surface area contributed by atoms with E-state index in [1.807, 2.05) is 11.3 Å². The molecule has 4 aromatic rings. The smallest absolute Gasteiger partial charge is 0.156 e. The topological polar surface area (TPSA) is 8.81 Å². The lowest BCUT2D eigenvalue weighted by atomic mass is 10.0. The van der Waals surface area contributed by atoms with E-state index in [2.05, 4.69) is 79.0 Å². The molecule has 2 nitrogen and oxygen atoms in total. The van der Waals surface area contributed by atoms with E-state index in [1.54, 1.807) is 0 Å². The van der Waals surface area contributed by atoms with E-state index in [0.29, 0.717) is 0 Å². The van der Waals surface area contributed by atoms with E-state index in [9.17, 15) is 0 Å². The Bertz CT molecular complexity index is 976. The van der Waals surface area contributed by atoms with E-state index < -0.39 is 0 Å². The van der Waals surface area contributed by atoms with Gasteiger partial charge in [0.1, 0.15) is 5.69 Å². The molecule has 0 unspecified atom stereocenters. The van der Waals surface area contributed by atoms with Crippen molar-refractivity contribution in [2.45, 2.75) is 6.92 Å². The summed E-state index contributed by atoms with van der Waals surface area (Å²) in [5.74, 6) is 0. The van der Waals surface area contributed by atoms with Gasteiger partial charge in [0.05, 0.1) is 7.05 Å².